The molecule has 8 heteroatoms. The van der Waals surface area contributed by atoms with Crippen LogP contribution in [0.1, 0.15) is 46.3 Å². The summed E-state index contributed by atoms with van der Waals surface area (Å²) in [5, 5.41) is 14.0. The van der Waals surface area contributed by atoms with Crippen molar-refractivity contribution in [3.63, 3.8) is 0 Å². The second-order valence-electron chi connectivity index (χ2n) is 7.08. The van der Waals surface area contributed by atoms with Crippen LogP contribution < -0.4 is 10.6 Å². The molecule has 29 heavy (non-hydrogen) atoms. The third kappa shape index (κ3) is 4.24. The second kappa shape index (κ2) is 7.59. The number of nitriles is 1. The summed E-state index contributed by atoms with van der Waals surface area (Å²) in [6.45, 7) is 1.88. The van der Waals surface area contributed by atoms with Crippen LogP contribution in [0.5, 0.6) is 0 Å². The number of nitrogens with one attached hydrogen (secondary N) is 2. The number of hydrogen-bond donors (Lipinski definition) is 2. The lowest BCUT2D eigenvalue weighted by atomic mass is 9.75. The van der Waals surface area contributed by atoms with E-state index in [-0.39, 0.29) is 5.69 Å². The van der Waals surface area contributed by atoms with E-state index in [1.807, 2.05) is 6.92 Å². The summed E-state index contributed by atoms with van der Waals surface area (Å²) in [5.74, 6) is -1.00. The highest BCUT2D eigenvalue weighted by Gasteiger charge is 2.45. The normalized spacial score (nSPS) is 15.0. The maximum absolute atomic E-state index is 13.1. The van der Waals surface area contributed by atoms with Gasteiger partial charge in [0.15, 0.2) is 0 Å². The quantitative estimate of drug-likeness (QED) is 0.807. The van der Waals surface area contributed by atoms with Crippen molar-refractivity contribution in [1.29, 1.82) is 5.26 Å². The number of halogens is 3. The Bertz CT molecular complexity index is 988. The first-order valence-corrected chi connectivity index (χ1v) is 8.97. The van der Waals surface area contributed by atoms with E-state index in [1.165, 1.54) is 12.1 Å². The molecule has 1 aliphatic rings. The highest BCUT2D eigenvalue weighted by atomic mass is 19.4. The van der Waals surface area contributed by atoms with Crippen LogP contribution in [0.15, 0.2) is 42.5 Å². The molecule has 0 saturated heterocycles. The van der Waals surface area contributed by atoms with E-state index in [9.17, 15) is 22.8 Å². The summed E-state index contributed by atoms with van der Waals surface area (Å²) >= 11 is 0. The van der Waals surface area contributed by atoms with Crippen LogP contribution in [0.25, 0.3) is 0 Å². The summed E-state index contributed by atoms with van der Waals surface area (Å²) in [5.41, 5.74) is -1.52. The Morgan fingerprint density at radius 1 is 1.10 bits per heavy atom. The first kappa shape index (κ1) is 20.4. The predicted octanol–water partition coefficient (Wildman–Crippen LogP) is 4.18. The van der Waals surface area contributed by atoms with Crippen molar-refractivity contribution in [1.82, 2.24) is 5.32 Å². The molecule has 0 heterocycles. The van der Waals surface area contributed by atoms with Gasteiger partial charge in [0.1, 0.15) is 5.54 Å². The van der Waals surface area contributed by atoms with Crippen molar-refractivity contribution in [2.75, 3.05) is 5.32 Å². The van der Waals surface area contributed by atoms with Gasteiger partial charge in [-0.25, -0.2) is 0 Å². The van der Waals surface area contributed by atoms with E-state index >= 15 is 0 Å². The minimum Gasteiger partial charge on any atom is -0.338 e. The Hall–Kier alpha value is -3.34. The Morgan fingerprint density at radius 3 is 2.28 bits per heavy atom. The Balaban J connectivity index is 1.79. The van der Waals surface area contributed by atoms with Gasteiger partial charge in [0.25, 0.3) is 5.91 Å². The number of carbonyl (C=O) groups excluding carboxylic acids is 2. The first-order chi connectivity index (χ1) is 13.6. The van der Waals surface area contributed by atoms with Gasteiger partial charge in [0.05, 0.1) is 17.2 Å². The van der Waals surface area contributed by atoms with Gasteiger partial charge < -0.3 is 10.6 Å². The Morgan fingerprint density at radius 2 is 1.76 bits per heavy atom. The minimum absolute atomic E-state index is 0.0859. The fraction of sp³-hybridized carbons (Fsp3) is 0.286. The number of carbonyl (C=O) groups is 2. The standard InChI is InChI=1S/C21H18F3N3O2/c1-13-3-5-14(6-4-13)18(28)27-20(9-2-10-20)19(29)26-16-8-7-15(12-25)17(11-16)21(22,23)24/h3-8,11H,2,9-10H2,1H3,(H,26,29)(H,27,28). The fourth-order valence-corrected chi connectivity index (χ4v) is 3.14. The van der Waals surface area contributed by atoms with E-state index < -0.39 is 34.7 Å². The largest absolute Gasteiger partial charge is 0.417 e. The molecule has 1 saturated carbocycles. The molecule has 0 bridgehead atoms. The SMILES string of the molecule is Cc1ccc(C(=O)NC2(C(=O)Nc3ccc(C#N)c(C(F)(F)F)c3)CCC2)cc1. The molecule has 2 aromatic carbocycles. The summed E-state index contributed by atoms with van der Waals surface area (Å²) in [4.78, 5) is 25.3. The van der Waals surface area contributed by atoms with E-state index in [1.54, 1.807) is 24.3 Å². The number of alkyl halides is 3. The van der Waals surface area contributed by atoms with Crippen LogP contribution in [0.3, 0.4) is 0 Å². The number of nitrogens with zero attached hydrogens (tertiary/aromatic N) is 1. The number of hydrogen-bond acceptors (Lipinski definition) is 3. The van der Waals surface area contributed by atoms with E-state index in [2.05, 4.69) is 10.6 Å². The van der Waals surface area contributed by atoms with Gasteiger partial charge in [-0.15, -0.1) is 0 Å². The highest BCUT2D eigenvalue weighted by Crippen LogP contribution is 2.36. The molecule has 0 spiro atoms. The number of aryl methyl sites for hydroxylation is 1. The van der Waals surface area contributed by atoms with Crippen molar-refractivity contribution in [2.24, 2.45) is 0 Å². The van der Waals surface area contributed by atoms with E-state index in [0.717, 1.165) is 17.7 Å². The maximum atomic E-state index is 13.1. The van der Waals surface area contributed by atoms with Crippen LogP contribution >= 0.6 is 0 Å². The zero-order valence-electron chi connectivity index (χ0n) is 15.6. The van der Waals surface area contributed by atoms with Gasteiger partial charge in [0.2, 0.25) is 5.91 Å². The van der Waals surface area contributed by atoms with Crippen LogP contribution in [-0.2, 0) is 11.0 Å². The topological polar surface area (TPSA) is 82.0 Å². The zero-order valence-corrected chi connectivity index (χ0v) is 15.6. The average Bonchev–Trinajstić information content (AvgIpc) is 2.64. The molecule has 2 aromatic rings. The molecule has 0 unspecified atom stereocenters. The summed E-state index contributed by atoms with van der Waals surface area (Å²) < 4.78 is 39.4. The summed E-state index contributed by atoms with van der Waals surface area (Å²) in [6, 6.07) is 11.3. The van der Waals surface area contributed by atoms with Crippen molar-refractivity contribution in [2.45, 2.75) is 37.9 Å². The van der Waals surface area contributed by atoms with Gasteiger partial charge in [0, 0.05) is 11.3 Å². The average molecular weight is 401 g/mol. The van der Waals surface area contributed by atoms with Crippen molar-refractivity contribution >= 4 is 17.5 Å². The van der Waals surface area contributed by atoms with Crippen molar-refractivity contribution < 1.29 is 22.8 Å². The second-order valence-corrected chi connectivity index (χ2v) is 7.08. The molecular weight excluding hydrogens is 383 g/mol. The lowest BCUT2D eigenvalue weighted by molar-refractivity contribution is -0.137. The molecule has 3 rings (SSSR count). The van der Waals surface area contributed by atoms with Gasteiger partial charge in [-0.3, -0.25) is 9.59 Å². The lowest BCUT2D eigenvalue weighted by Crippen LogP contribution is -2.61. The third-order valence-electron chi connectivity index (χ3n) is 5.01. The molecular formula is C21H18F3N3O2. The van der Waals surface area contributed by atoms with Crippen LogP contribution in [0, 0.1) is 18.3 Å². The van der Waals surface area contributed by atoms with Crippen LogP contribution in [-0.4, -0.2) is 17.4 Å². The molecule has 1 fully saturated rings. The maximum Gasteiger partial charge on any atom is 0.417 e. The van der Waals surface area contributed by atoms with Crippen molar-refractivity contribution in [3.8, 4) is 6.07 Å². The number of anilines is 1. The third-order valence-corrected chi connectivity index (χ3v) is 5.01. The zero-order chi connectivity index (χ0) is 21.2. The van der Waals surface area contributed by atoms with Crippen LogP contribution in [0.2, 0.25) is 0 Å². The molecule has 0 atom stereocenters. The van der Waals surface area contributed by atoms with Crippen molar-refractivity contribution in [3.05, 3.63) is 64.7 Å². The smallest absolute Gasteiger partial charge is 0.338 e. The summed E-state index contributed by atoms with van der Waals surface area (Å²) in [6.07, 6.45) is -3.24. The van der Waals surface area contributed by atoms with Gasteiger partial charge in [-0.05, 0) is 56.5 Å². The molecule has 0 radical (unpaired) electrons. The number of amides is 2. The first-order valence-electron chi connectivity index (χ1n) is 8.97. The molecule has 150 valence electrons. The molecule has 1 aliphatic carbocycles. The fourth-order valence-electron chi connectivity index (χ4n) is 3.14. The molecule has 5 nitrogen and oxygen atoms in total. The Kier molecular flexibility index (Phi) is 5.33. The van der Waals surface area contributed by atoms with Gasteiger partial charge in [-0.1, -0.05) is 17.7 Å². The van der Waals surface area contributed by atoms with Gasteiger partial charge in [-0.2, -0.15) is 18.4 Å². The predicted molar refractivity (Wildman–Crippen MR) is 100 cm³/mol. The summed E-state index contributed by atoms with van der Waals surface area (Å²) in [7, 11) is 0. The number of benzene rings is 2. The number of rotatable bonds is 4. The van der Waals surface area contributed by atoms with E-state index in [0.29, 0.717) is 24.8 Å². The van der Waals surface area contributed by atoms with E-state index in [4.69, 9.17) is 5.26 Å². The molecule has 0 aromatic heterocycles. The highest BCUT2D eigenvalue weighted by molar-refractivity contribution is 6.04. The minimum atomic E-state index is -4.72. The lowest BCUT2D eigenvalue weighted by Gasteiger charge is -2.40. The molecule has 2 N–H and O–H groups in total. The monoisotopic (exact) mass is 401 g/mol. The van der Waals surface area contributed by atoms with Gasteiger partial charge >= 0.3 is 6.18 Å². The molecule has 0 aliphatic heterocycles. The Labute approximate surface area is 165 Å². The van der Waals surface area contributed by atoms with Crippen LogP contribution in [0.4, 0.5) is 18.9 Å². The molecule has 2 amide bonds.